The molecular weight excluding hydrogens is 334 g/mol. The summed E-state index contributed by atoms with van der Waals surface area (Å²) in [6.45, 7) is 1.12. The predicted molar refractivity (Wildman–Crippen MR) is 77.5 cm³/mol. The van der Waals surface area contributed by atoms with Gasteiger partial charge in [0.2, 0.25) is 0 Å². The maximum Gasteiger partial charge on any atom is 0.160 e. The number of hydrogen-bond acceptors (Lipinski definition) is 4. The van der Waals surface area contributed by atoms with Crippen LogP contribution in [0.4, 0.5) is 0 Å². The summed E-state index contributed by atoms with van der Waals surface area (Å²) in [5, 5.41) is 0. The number of methoxy groups -OCH3 is 2. The monoisotopic (exact) mass is 347 g/mol. The average Bonchev–Trinajstić information content (AvgIpc) is 2.75. The number of alkyl halides is 1. The lowest BCUT2D eigenvalue weighted by Crippen LogP contribution is -2.24. The Labute approximate surface area is 125 Å². The van der Waals surface area contributed by atoms with Crippen LogP contribution in [0.15, 0.2) is 16.7 Å². The molecule has 2 aromatic heterocycles. The molecule has 104 valence electrons. The van der Waals surface area contributed by atoms with Crippen LogP contribution in [0.2, 0.25) is 0 Å². The minimum absolute atomic E-state index is 0.0604. The number of fused-ring (bicyclic) bond motifs is 1. The fraction of sp³-hybridized carbons (Fsp3) is 0.500. The second-order valence-electron chi connectivity index (χ2n) is 4.08. The zero-order valence-corrected chi connectivity index (χ0v) is 13.1. The molecule has 2 heterocycles. The van der Waals surface area contributed by atoms with Crippen LogP contribution in [-0.4, -0.2) is 41.5 Å². The third-order valence-electron chi connectivity index (χ3n) is 2.82. The predicted octanol–water partition coefficient (Wildman–Crippen LogP) is 2.59. The topological polar surface area (TPSA) is 49.2 Å². The van der Waals surface area contributed by atoms with Gasteiger partial charge in [0.25, 0.3) is 0 Å². The molecule has 0 bridgehead atoms. The lowest BCUT2D eigenvalue weighted by molar-refractivity contribution is 0.0185. The van der Waals surface area contributed by atoms with E-state index in [2.05, 4.69) is 25.9 Å². The molecule has 0 aromatic carbocycles. The van der Waals surface area contributed by atoms with E-state index in [0.717, 1.165) is 21.5 Å². The highest BCUT2D eigenvalue weighted by molar-refractivity contribution is 9.10. The Balaban J connectivity index is 2.39. The summed E-state index contributed by atoms with van der Waals surface area (Å²) in [5.41, 5.74) is 1.62. The van der Waals surface area contributed by atoms with Gasteiger partial charge < -0.3 is 14.0 Å². The van der Waals surface area contributed by atoms with Gasteiger partial charge in [-0.3, -0.25) is 0 Å². The summed E-state index contributed by atoms with van der Waals surface area (Å²) in [6.07, 6.45) is 1.69. The van der Waals surface area contributed by atoms with Crippen molar-refractivity contribution in [2.75, 3.05) is 20.8 Å². The van der Waals surface area contributed by atoms with Gasteiger partial charge >= 0.3 is 0 Å². The van der Waals surface area contributed by atoms with E-state index >= 15 is 0 Å². The summed E-state index contributed by atoms with van der Waals surface area (Å²) in [6, 6.07) is 1.92. The first-order chi connectivity index (χ1) is 9.19. The SMILES string of the molecule is COCC(Cn1c(CCl)nc2cc(Br)cnc21)OC. The Bertz CT molecular complexity index is 561. The molecule has 0 aliphatic rings. The molecule has 5 nitrogen and oxygen atoms in total. The molecule has 0 fully saturated rings. The van der Waals surface area contributed by atoms with Gasteiger partial charge in [-0.15, -0.1) is 11.6 Å². The number of hydrogen-bond donors (Lipinski definition) is 0. The van der Waals surface area contributed by atoms with Gasteiger partial charge in [0, 0.05) is 24.9 Å². The van der Waals surface area contributed by atoms with Gasteiger partial charge in [-0.05, 0) is 22.0 Å². The van der Waals surface area contributed by atoms with Gasteiger partial charge in [-0.25, -0.2) is 9.97 Å². The number of imidazole rings is 1. The van der Waals surface area contributed by atoms with Crippen molar-refractivity contribution in [1.82, 2.24) is 14.5 Å². The minimum atomic E-state index is -0.0604. The van der Waals surface area contributed by atoms with E-state index in [1.165, 1.54) is 0 Å². The molecule has 19 heavy (non-hydrogen) atoms. The number of ether oxygens (including phenoxy) is 2. The fourth-order valence-corrected chi connectivity index (χ4v) is 2.44. The van der Waals surface area contributed by atoms with Crippen LogP contribution < -0.4 is 0 Å². The summed E-state index contributed by atoms with van der Waals surface area (Å²) in [5.74, 6) is 1.11. The van der Waals surface area contributed by atoms with E-state index in [0.29, 0.717) is 19.0 Å². The van der Waals surface area contributed by atoms with E-state index in [1.807, 2.05) is 10.6 Å². The van der Waals surface area contributed by atoms with Gasteiger partial charge in [-0.2, -0.15) is 0 Å². The van der Waals surface area contributed by atoms with Crippen molar-refractivity contribution in [3.63, 3.8) is 0 Å². The van der Waals surface area contributed by atoms with E-state index in [9.17, 15) is 0 Å². The highest BCUT2D eigenvalue weighted by Gasteiger charge is 2.16. The molecule has 1 atom stereocenters. The van der Waals surface area contributed by atoms with E-state index in [1.54, 1.807) is 20.4 Å². The summed E-state index contributed by atoms with van der Waals surface area (Å²) in [7, 11) is 3.31. The van der Waals surface area contributed by atoms with Crippen LogP contribution in [0.1, 0.15) is 5.82 Å². The first-order valence-electron chi connectivity index (χ1n) is 5.78. The van der Waals surface area contributed by atoms with Crippen LogP contribution >= 0.6 is 27.5 Å². The summed E-state index contributed by atoms with van der Waals surface area (Å²) < 4.78 is 13.4. The fourth-order valence-electron chi connectivity index (χ4n) is 1.91. The van der Waals surface area contributed by atoms with Crippen LogP contribution in [0, 0.1) is 0 Å². The van der Waals surface area contributed by atoms with Crippen molar-refractivity contribution in [2.24, 2.45) is 0 Å². The molecular formula is C12H15BrClN3O2. The quantitative estimate of drug-likeness (QED) is 0.753. The molecule has 2 aromatic rings. The van der Waals surface area contributed by atoms with Crippen molar-refractivity contribution in [3.05, 3.63) is 22.6 Å². The second kappa shape index (κ2) is 6.65. The van der Waals surface area contributed by atoms with Crippen LogP contribution in [0.25, 0.3) is 11.2 Å². The largest absolute Gasteiger partial charge is 0.382 e. The van der Waals surface area contributed by atoms with Gasteiger partial charge in [0.1, 0.15) is 11.3 Å². The number of nitrogens with zero attached hydrogens (tertiary/aromatic N) is 3. The van der Waals surface area contributed by atoms with Crippen molar-refractivity contribution in [3.8, 4) is 0 Å². The van der Waals surface area contributed by atoms with Crippen molar-refractivity contribution >= 4 is 38.7 Å². The maximum absolute atomic E-state index is 5.95. The zero-order valence-electron chi connectivity index (χ0n) is 10.8. The van der Waals surface area contributed by atoms with Crippen molar-refractivity contribution < 1.29 is 9.47 Å². The Morgan fingerprint density at radius 2 is 2.26 bits per heavy atom. The first kappa shape index (κ1) is 14.7. The Morgan fingerprint density at radius 1 is 1.47 bits per heavy atom. The molecule has 0 aliphatic heterocycles. The first-order valence-corrected chi connectivity index (χ1v) is 7.10. The molecule has 1 unspecified atom stereocenters. The van der Waals surface area contributed by atoms with Gasteiger partial charge in [0.05, 0.1) is 25.1 Å². The summed E-state index contributed by atoms with van der Waals surface area (Å²) >= 11 is 9.34. The lowest BCUT2D eigenvalue weighted by Gasteiger charge is -2.16. The van der Waals surface area contributed by atoms with Crippen LogP contribution in [-0.2, 0) is 21.9 Å². The van der Waals surface area contributed by atoms with E-state index in [4.69, 9.17) is 21.1 Å². The molecule has 0 N–H and O–H groups in total. The Hall–Kier alpha value is -0.690. The lowest BCUT2D eigenvalue weighted by atomic mass is 10.3. The van der Waals surface area contributed by atoms with Crippen molar-refractivity contribution in [2.45, 2.75) is 18.5 Å². The molecule has 0 saturated heterocycles. The highest BCUT2D eigenvalue weighted by atomic mass is 79.9. The van der Waals surface area contributed by atoms with Crippen LogP contribution in [0.3, 0.4) is 0 Å². The second-order valence-corrected chi connectivity index (χ2v) is 5.26. The molecule has 0 aliphatic carbocycles. The normalized spacial score (nSPS) is 13.1. The molecule has 0 amide bonds. The number of pyridine rings is 1. The number of aromatic nitrogens is 3. The maximum atomic E-state index is 5.95. The van der Waals surface area contributed by atoms with Gasteiger partial charge in [0.15, 0.2) is 5.65 Å². The minimum Gasteiger partial charge on any atom is -0.382 e. The van der Waals surface area contributed by atoms with Crippen molar-refractivity contribution in [1.29, 1.82) is 0 Å². The van der Waals surface area contributed by atoms with Gasteiger partial charge in [-0.1, -0.05) is 0 Å². The molecule has 7 heteroatoms. The van der Waals surface area contributed by atoms with E-state index in [-0.39, 0.29) is 6.10 Å². The molecule has 0 radical (unpaired) electrons. The molecule has 0 spiro atoms. The Morgan fingerprint density at radius 3 is 2.89 bits per heavy atom. The van der Waals surface area contributed by atoms with Crippen LogP contribution in [0.5, 0.6) is 0 Å². The Kier molecular flexibility index (Phi) is 5.15. The average molecular weight is 349 g/mol. The third-order valence-corrected chi connectivity index (χ3v) is 3.49. The third kappa shape index (κ3) is 3.25. The molecule has 2 rings (SSSR count). The molecule has 0 saturated carbocycles. The number of rotatable bonds is 6. The highest BCUT2D eigenvalue weighted by Crippen LogP contribution is 2.20. The number of halogens is 2. The summed E-state index contributed by atoms with van der Waals surface area (Å²) in [4.78, 5) is 8.88. The smallest absolute Gasteiger partial charge is 0.160 e. The standard InChI is InChI=1S/C12H15BrClN3O2/c1-18-7-9(19-2)6-17-11(4-14)16-10-3-8(13)5-15-12(10)17/h3,5,9H,4,6-7H2,1-2H3. The zero-order chi connectivity index (χ0) is 13.8. The van der Waals surface area contributed by atoms with E-state index < -0.39 is 0 Å².